The monoisotopic (exact) mass is 294 g/mol. The lowest BCUT2D eigenvalue weighted by Crippen LogP contribution is -1.99. The Bertz CT molecular complexity index is 778. The number of anilines is 1. The molecular weight excluding hydrogens is 280 g/mol. The van der Waals surface area contributed by atoms with E-state index in [-0.39, 0.29) is 0 Å². The number of nitrogens with one attached hydrogen (secondary N) is 1. The van der Waals surface area contributed by atoms with Gasteiger partial charge in [0.25, 0.3) is 0 Å². The first-order chi connectivity index (χ1) is 10.3. The molecule has 0 saturated heterocycles. The van der Waals surface area contributed by atoms with Crippen LogP contribution in [0.15, 0.2) is 52.4 Å². The van der Waals surface area contributed by atoms with Crippen molar-refractivity contribution < 1.29 is 4.52 Å². The fraction of sp³-hybridized carbons (Fsp3) is 0.118. The summed E-state index contributed by atoms with van der Waals surface area (Å²) in [5.41, 5.74) is 2.90. The Hall–Kier alpha value is -2.51. The number of benzene rings is 1. The molecule has 4 heteroatoms. The number of hydrogen-bond donors (Lipinski definition) is 1. The summed E-state index contributed by atoms with van der Waals surface area (Å²) < 4.78 is 5.05. The zero-order chi connectivity index (χ0) is 14.5. The van der Waals surface area contributed by atoms with Crippen LogP contribution in [0.5, 0.6) is 0 Å². The zero-order valence-corrected chi connectivity index (χ0v) is 12.4. The number of aryl methyl sites for hydroxylation is 1. The Balaban J connectivity index is 1.68. The van der Waals surface area contributed by atoms with Crippen LogP contribution in [0.1, 0.15) is 21.9 Å². The first kappa shape index (κ1) is 13.5. The number of aromatic nitrogens is 1. The van der Waals surface area contributed by atoms with Gasteiger partial charge < -0.3 is 9.84 Å². The molecule has 0 aliphatic rings. The number of thiophene rings is 1. The van der Waals surface area contributed by atoms with Gasteiger partial charge in [0.15, 0.2) is 0 Å². The molecule has 1 N–H and O–H groups in total. The molecule has 3 nitrogen and oxygen atoms in total. The molecule has 2 heterocycles. The van der Waals surface area contributed by atoms with E-state index in [0.29, 0.717) is 6.54 Å². The SMILES string of the molecule is Cc1cc(CNc2cccc(C#Cc3cccs3)c2)no1. The number of hydrogen-bond acceptors (Lipinski definition) is 4. The molecule has 2 aromatic heterocycles. The Morgan fingerprint density at radius 2 is 2.14 bits per heavy atom. The van der Waals surface area contributed by atoms with Crippen LogP contribution in [0.25, 0.3) is 0 Å². The van der Waals surface area contributed by atoms with Crippen molar-refractivity contribution in [1.82, 2.24) is 5.16 Å². The smallest absolute Gasteiger partial charge is 0.133 e. The maximum atomic E-state index is 5.05. The van der Waals surface area contributed by atoms with E-state index in [4.69, 9.17) is 4.52 Å². The summed E-state index contributed by atoms with van der Waals surface area (Å²) in [5.74, 6) is 7.16. The van der Waals surface area contributed by atoms with Crippen molar-refractivity contribution in [3.63, 3.8) is 0 Å². The van der Waals surface area contributed by atoms with Crippen LogP contribution in [0, 0.1) is 18.8 Å². The summed E-state index contributed by atoms with van der Waals surface area (Å²) in [6.07, 6.45) is 0. The zero-order valence-electron chi connectivity index (χ0n) is 11.6. The summed E-state index contributed by atoms with van der Waals surface area (Å²) in [6.45, 7) is 2.52. The van der Waals surface area contributed by atoms with Crippen LogP contribution < -0.4 is 5.32 Å². The summed E-state index contributed by atoms with van der Waals surface area (Å²) in [7, 11) is 0. The van der Waals surface area contributed by atoms with Gasteiger partial charge in [-0.2, -0.15) is 0 Å². The average Bonchev–Trinajstić information content (AvgIpc) is 3.15. The van der Waals surface area contributed by atoms with Crippen LogP contribution in [0.4, 0.5) is 5.69 Å². The van der Waals surface area contributed by atoms with Crippen molar-refractivity contribution in [3.05, 3.63) is 69.7 Å². The van der Waals surface area contributed by atoms with Crippen molar-refractivity contribution in [2.24, 2.45) is 0 Å². The van der Waals surface area contributed by atoms with Crippen LogP contribution in [-0.2, 0) is 6.54 Å². The second-order valence-corrected chi connectivity index (χ2v) is 5.54. The van der Waals surface area contributed by atoms with Gasteiger partial charge in [-0.3, -0.25) is 0 Å². The molecule has 1 aromatic carbocycles. The van der Waals surface area contributed by atoms with Gasteiger partial charge in [-0.15, -0.1) is 11.3 Å². The topological polar surface area (TPSA) is 38.1 Å². The van der Waals surface area contributed by atoms with Gasteiger partial charge in [0.1, 0.15) is 11.5 Å². The lowest BCUT2D eigenvalue weighted by atomic mass is 10.2. The molecule has 21 heavy (non-hydrogen) atoms. The van der Waals surface area contributed by atoms with Crippen LogP contribution >= 0.6 is 11.3 Å². The van der Waals surface area contributed by atoms with E-state index in [1.807, 2.05) is 54.8 Å². The van der Waals surface area contributed by atoms with Gasteiger partial charge in [0.2, 0.25) is 0 Å². The second kappa shape index (κ2) is 6.29. The quantitative estimate of drug-likeness (QED) is 0.740. The van der Waals surface area contributed by atoms with Gasteiger partial charge in [0, 0.05) is 17.3 Å². The molecule has 0 radical (unpaired) electrons. The highest BCUT2D eigenvalue weighted by Crippen LogP contribution is 2.12. The van der Waals surface area contributed by atoms with Crippen molar-refractivity contribution in [1.29, 1.82) is 0 Å². The molecular formula is C17H14N2OS. The Morgan fingerprint density at radius 3 is 2.90 bits per heavy atom. The van der Waals surface area contributed by atoms with Gasteiger partial charge in [-0.1, -0.05) is 29.1 Å². The fourth-order valence-corrected chi connectivity index (χ4v) is 2.46. The third-order valence-electron chi connectivity index (χ3n) is 2.86. The lowest BCUT2D eigenvalue weighted by Gasteiger charge is -2.03. The molecule has 0 aliphatic heterocycles. The minimum Gasteiger partial charge on any atom is -0.379 e. The van der Waals surface area contributed by atoms with E-state index in [0.717, 1.165) is 27.6 Å². The van der Waals surface area contributed by atoms with E-state index < -0.39 is 0 Å². The Morgan fingerprint density at radius 1 is 1.19 bits per heavy atom. The van der Waals surface area contributed by atoms with E-state index in [2.05, 4.69) is 22.3 Å². The average molecular weight is 294 g/mol. The maximum absolute atomic E-state index is 5.05. The maximum Gasteiger partial charge on any atom is 0.133 e. The molecule has 0 bridgehead atoms. The van der Waals surface area contributed by atoms with Crippen molar-refractivity contribution in [3.8, 4) is 11.8 Å². The van der Waals surface area contributed by atoms with Crippen molar-refractivity contribution in [2.45, 2.75) is 13.5 Å². The molecule has 3 aromatic rings. The highest BCUT2D eigenvalue weighted by molar-refractivity contribution is 7.10. The Kier molecular flexibility index (Phi) is 4.04. The minimum absolute atomic E-state index is 0.638. The predicted octanol–water partition coefficient (Wildman–Crippen LogP) is 4.06. The molecule has 0 aliphatic carbocycles. The van der Waals surface area contributed by atoms with Crippen LogP contribution in [-0.4, -0.2) is 5.16 Å². The van der Waals surface area contributed by atoms with Crippen molar-refractivity contribution in [2.75, 3.05) is 5.32 Å². The van der Waals surface area contributed by atoms with E-state index >= 15 is 0 Å². The van der Waals surface area contributed by atoms with Gasteiger partial charge >= 0.3 is 0 Å². The standard InChI is InChI=1S/C17H14N2OS/c1-13-10-16(19-20-13)12-18-15-5-2-4-14(11-15)7-8-17-6-3-9-21-17/h2-6,9-11,18H,12H2,1H3. The number of nitrogens with zero attached hydrogens (tertiary/aromatic N) is 1. The molecule has 0 unspecified atom stereocenters. The minimum atomic E-state index is 0.638. The third-order valence-corrected chi connectivity index (χ3v) is 3.65. The van der Waals surface area contributed by atoms with Gasteiger partial charge in [-0.05, 0) is 36.6 Å². The summed E-state index contributed by atoms with van der Waals surface area (Å²) in [4.78, 5) is 1.08. The molecule has 0 saturated carbocycles. The summed E-state index contributed by atoms with van der Waals surface area (Å²) >= 11 is 1.65. The summed E-state index contributed by atoms with van der Waals surface area (Å²) in [5, 5.41) is 9.31. The van der Waals surface area contributed by atoms with Crippen molar-refractivity contribution >= 4 is 17.0 Å². The van der Waals surface area contributed by atoms with Gasteiger partial charge in [-0.25, -0.2) is 0 Å². The molecule has 0 amide bonds. The molecule has 0 fully saturated rings. The lowest BCUT2D eigenvalue weighted by molar-refractivity contribution is 0.391. The first-order valence-corrected chi connectivity index (χ1v) is 7.49. The highest BCUT2D eigenvalue weighted by Gasteiger charge is 2.00. The van der Waals surface area contributed by atoms with Crippen LogP contribution in [0.2, 0.25) is 0 Å². The Labute approximate surface area is 127 Å². The fourth-order valence-electron chi connectivity index (χ4n) is 1.88. The second-order valence-electron chi connectivity index (χ2n) is 4.59. The third kappa shape index (κ3) is 3.74. The van der Waals surface area contributed by atoms with E-state index in [1.165, 1.54) is 0 Å². The first-order valence-electron chi connectivity index (χ1n) is 6.61. The highest BCUT2D eigenvalue weighted by atomic mass is 32.1. The number of rotatable bonds is 3. The van der Waals surface area contributed by atoms with E-state index in [1.54, 1.807) is 11.3 Å². The predicted molar refractivity (Wildman–Crippen MR) is 85.3 cm³/mol. The molecule has 3 rings (SSSR count). The molecule has 104 valence electrons. The van der Waals surface area contributed by atoms with Crippen LogP contribution in [0.3, 0.4) is 0 Å². The van der Waals surface area contributed by atoms with E-state index in [9.17, 15) is 0 Å². The summed E-state index contributed by atoms with van der Waals surface area (Å²) in [6, 6.07) is 14.0. The molecule has 0 atom stereocenters. The normalized spacial score (nSPS) is 9.95. The largest absolute Gasteiger partial charge is 0.379 e. The van der Waals surface area contributed by atoms with Gasteiger partial charge in [0.05, 0.1) is 11.4 Å². The molecule has 0 spiro atoms.